The van der Waals surface area contributed by atoms with Gasteiger partial charge in [-0.1, -0.05) is 50.2 Å². The minimum Gasteiger partial charge on any atom is -0.354 e. The lowest BCUT2D eigenvalue weighted by atomic mass is 9.91. The van der Waals surface area contributed by atoms with Gasteiger partial charge in [0.25, 0.3) is 0 Å². The number of nitrogens with zero attached hydrogens (tertiary/aromatic N) is 1. The van der Waals surface area contributed by atoms with E-state index in [4.69, 9.17) is 0 Å². The quantitative estimate of drug-likeness (QED) is 0.861. The van der Waals surface area contributed by atoms with E-state index in [0.29, 0.717) is 6.54 Å². The van der Waals surface area contributed by atoms with Crippen LogP contribution in [0.5, 0.6) is 0 Å². The Morgan fingerprint density at radius 2 is 1.88 bits per heavy atom. The van der Waals surface area contributed by atoms with Gasteiger partial charge in [-0.25, -0.2) is 0 Å². The fourth-order valence-corrected chi connectivity index (χ4v) is 4.17. The van der Waals surface area contributed by atoms with Crippen LogP contribution in [0.15, 0.2) is 47.8 Å². The number of amides is 1. The summed E-state index contributed by atoms with van der Waals surface area (Å²) in [5, 5.41) is 5.31. The van der Waals surface area contributed by atoms with E-state index in [-0.39, 0.29) is 17.4 Å². The van der Waals surface area contributed by atoms with E-state index in [2.05, 4.69) is 53.7 Å². The lowest BCUT2D eigenvalue weighted by Gasteiger charge is -2.29. The Balaban J connectivity index is 1.72. The van der Waals surface area contributed by atoms with Gasteiger partial charge in [0.2, 0.25) is 5.91 Å². The van der Waals surface area contributed by atoms with Crippen LogP contribution in [0.1, 0.15) is 43.2 Å². The van der Waals surface area contributed by atoms with Crippen molar-refractivity contribution in [3.05, 3.63) is 58.3 Å². The summed E-state index contributed by atoms with van der Waals surface area (Å²) in [6.07, 6.45) is 2.36. The highest BCUT2D eigenvalue weighted by molar-refractivity contribution is 7.10. The standard InChI is InChI=1S/C20H26N2OS/c1-20(2,17-11-8-14-24-17)15-21-19(23)18(22-12-6-7-13-22)16-9-4-3-5-10-16/h3-5,8-11,14,18H,6-7,12-13,15H2,1-2H3,(H,21,23). The second kappa shape index (κ2) is 7.49. The van der Waals surface area contributed by atoms with Crippen LogP contribution in [-0.2, 0) is 10.2 Å². The minimum atomic E-state index is -0.173. The average molecular weight is 343 g/mol. The molecule has 24 heavy (non-hydrogen) atoms. The first-order valence-corrected chi connectivity index (χ1v) is 9.56. The van der Waals surface area contributed by atoms with Crippen molar-refractivity contribution >= 4 is 17.2 Å². The third-order valence-corrected chi connectivity index (χ3v) is 6.00. The summed E-state index contributed by atoms with van der Waals surface area (Å²) in [7, 11) is 0. The monoisotopic (exact) mass is 342 g/mol. The molecule has 0 spiro atoms. The number of likely N-dealkylation sites (tertiary alicyclic amines) is 1. The first kappa shape index (κ1) is 17.2. The van der Waals surface area contributed by atoms with Crippen LogP contribution in [0.25, 0.3) is 0 Å². The van der Waals surface area contributed by atoms with Crippen LogP contribution in [0.2, 0.25) is 0 Å². The van der Waals surface area contributed by atoms with E-state index in [1.54, 1.807) is 11.3 Å². The van der Waals surface area contributed by atoms with Crippen molar-refractivity contribution in [1.82, 2.24) is 10.2 Å². The molecule has 0 aliphatic carbocycles. The first-order valence-electron chi connectivity index (χ1n) is 8.69. The fourth-order valence-electron chi connectivity index (χ4n) is 3.32. The fraction of sp³-hybridized carbons (Fsp3) is 0.450. The van der Waals surface area contributed by atoms with Gasteiger partial charge in [-0.15, -0.1) is 11.3 Å². The van der Waals surface area contributed by atoms with Crippen molar-refractivity contribution < 1.29 is 4.79 Å². The lowest BCUT2D eigenvalue weighted by Crippen LogP contribution is -2.43. The molecule has 1 atom stereocenters. The molecule has 1 aromatic heterocycles. The molecule has 3 nitrogen and oxygen atoms in total. The van der Waals surface area contributed by atoms with Gasteiger partial charge in [0.15, 0.2) is 0 Å². The number of carbonyl (C=O) groups excluding carboxylic acids is 1. The van der Waals surface area contributed by atoms with Crippen LogP contribution in [0.4, 0.5) is 0 Å². The molecule has 3 rings (SSSR count). The summed E-state index contributed by atoms with van der Waals surface area (Å²) in [6, 6.07) is 14.2. The van der Waals surface area contributed by atoms with Crippen LogP contribution in [0.3, 0.4) is 0 Å². The van der Waals surface area contributed by atoms with Crippen molar-refractivity contribution in [3.8, 4) is 0 Å². The van der Waals surface area contributed by atoms with Crippen LogP contribution in [0, 0.1) is 0 Å². The molecule has 1 aromatic carbocycles. The second-order valence-electron chi connectivity index (χ2n) is 7.14. The zero-order valence-electron chi connectivity index (χ0n) is 14.5. The molecule has 4 heteroatoms. The largest absolute Gasteiger partial charge is 0.354 e. The van der Waals surface area contributed by atoms with Gasteiger partial charge >= 0.3 is 0 Å². The molecule has 128 valence electrons. The predicted molar refractivity (Wildman–Crippen MR) is 100 cm³/mol. The second-order valence-corrected chi connectivity index (χ2v) is 8.08. The van der Waals surface area contributed by atoms with Crippen molar-refractivity contribution in [2.24, 2.45) is 0 Å². The SMILES string of the molecule is CC(C)(CNC(=O)C(c1ccccc1)N1CCCC1)c1cccs1. The summed E-state index contributed by atoms with van der Waals surface area (Å²) in [4.78, 5) is 16.6. The highest BCUT2D eigenvalue weighted by Gasteiger charge is 2.31. The molecule has 0 bridgehead atoms. The molecule has 0 radical (unpaired) electrons. The van der Waals surface area contributed by atoms with Crippen molar-refractivity contribution in [1.29, 1.82) is 0 Å². The van der Waals surface area contributed by atoms with Crippen molar-refractivity contribution in [2.75, 3.05) is 19.6 Å². The van der Waals surface area contributed by atoms with E-state index in [9.17, 15) is 4.79 Å². The van der Waals surface area contributed by atoms with E-state index in [0.717, 1.165) is 18.7 Å². The molecular formula is C20H26N2OS. The molecule has 1 aliphatic heterocycles. The number of carbonyl (C=O) groups is 1. The summed E-state index contributed by atoms with van der Waals surface area (Å²) in [6.45, 7) is 7.03. The number of hydrogen-bond acceptors (Lipinski definition) is 3. The van der Waals surface area contributed by atoms with Gasteiger partial charge in [0.05, 0.1) is 0 Å². The third kappa shape index (κ3) is 3.87. The Hall–Kier alpha value is -1.65. The van der Waals surface area contributed by atoms with Crippen LogP contribution in [-0.4, -0.2) is 30.4 Å². The van der Waals surface area contributed by atoms with E-state index in [1.165, 1.54) is 17.7 Å². The number of thiophene rings is 1. The van der Waals surface area contributed by atoms with E-state index in [1.807, 2.05) is 18.2 Å². The Labute approximate surface area is 148 Å². The highest BCUT2D eigenvalue weighted by atomic mass is 32.1. The molecule has 1 aliphatic rings. The summed E-state index contributed by atoms with van der Waals surface area (Å²) < 4.78 is 0. The molecule has 2 aromatic rings. The molecule has 1 fully saturated rings. The zero-order valence-corrected chi connectivity index (χ0v) is 15.3. The number of hydrogen-bond donors (Lipinski definition) is 1. The maximum atomic E-state index is 13.0. The number of nitrogens with one attached hydrogen (secondary N) is 1. The summed E-state index contributed by atoms with van der Waals surface area (Å²) in [5.41, 5.74) is 1.04. The molecule has 2 heterocycles. The summed E-state index contributed by atoms with van der Waals surface area (Å²) >= 11 is 1.75. The Morgan fingerprint density at radius 3 is 2.50 bits per heavy atom. The predicted octanol–water partition coefficient (Wildman–Crippen LogP) is 3.98. The van der Waals surface area contributed by atoms with Gasteiger partial charge in [0.1, 0.15) is 6.04 Å². The first-order chi connectivity index (χ1) is 11.6. The molecular weight excluding hydrogens is 316 g/mol. The number of benzene rings is 1. The normalized spacial score (nSPS) is 16.9. The van der Waals surface area contributed by atoms with E-state index < -0.39 is 0 Å². The highest BCUT2D eigenvalue weighted by Crippen LogP contribution is 2.28. The number of rotatable bonds is 6. The molecule has 1 amide bonds. The average Bonchev–Trinajstić information content (AvgIpc) is 3.28. The van der Waals surface area contributed by atoms with Gasteiger partial charge in [-0.05, 0) is 42.9 Å². The summed E-state index contributed by atoms with van der Waals surface area (Å²) in [5.74, 6) is 0.118. The minimum absolute atomic E-state index is 0.0456. The molecule has 1 N–H and O–H groups in total. The smallest absolute Gasteiger partial charge is 0.241 e. The Kier molecular flexibility index (Phi) is 5.36. The topological polar surface area (TPSA) is 32.3 Å². The van der Waals surface area contributed by atoms with Crippen LogP contribution < -0.4 is 5.32 Å². The zero-order chi connectivity index (χ0) is 17.0. The Morgan fingerprint density at radius 1 is 1.17 bits per heavy atom. The molecule has 1 saturated heterocycles. The van der Waals surface area contributed by atoms with Crippen molar-refractivity contribution in [3.63, 3.8) is 0 Å². The van der Waals surface area contributed by atoms with Gasteiger partial charge in [-0.3, -0.25) is 9.69 Å². The maximum Gasteiger partial charge on any atom is 0.241 e. The van der Waals surface area contributed by atoms with E-state index >= 15 is 0 Å². The van der Waals surface area contributed by atoms with Gasteiger partial charge in [-0.2, -0.15) is 0 Å². The molecule has 0 saturated carbocycles. The maximum absolute atomic E-state index is 13.0. The van der Waals surface area contributed by atoms with Crippen LogP contribution >= 0.6 is 11.3 Å². The van der Waals surface area contributed by atoms with Gasteiger partial charge in [0, 0.05) is 16.8 Å². The third-order valence-electron chi connectivity index (χ3n) is 4.76. The lowest BCUT2D eigenvalue weighted by molar-refractivity contribution is -0.126. The van der Waals surface area contributed by atoms with Crippen molar-refractivity contribution in [2.45, 2.75) is 38.1 Å². The molecule has 1 unspecified atom stereocenters. The van der Waals surface area contributed by atoms with Gasteiger partial charge < -0.3 is 5.32 Å². The Bertz CT molecular complexity index is 646.